The maximum Gasteiger partial charge on any atom is 0.119 e. The Balaban J connectivity index is 1.66. The molecule has 0 aromatic heterocycles. The second kappa shape index (κ2) is 6.12. The zero-order chi connectivity index (χ0) is 13.9. The number of rotatable bonds is 5. The number of ether oxygens (including phenoxy) is 1. The molecule has 1 heterocycles. The molecule has 1 aliphatic heterocycles. The van der Waals surface area contributed by atoms with Crippen LogP contribution in [0.4, 0.5) is 0 Å². The average molecular weight is 275 g/mol. The van der Waals surface area contributed by atoms with E-state index in [2.05, 4.69) is 28.0 Å². The fraction of sp³-hybridized carbons (Fsp3) is 0.625. The van der Waals surface area contributed by atoms with Crippen LogP contribution in [-0.4, -0.2) is 55.7 Å². The summed E-state index contributed by atoms with van der Waals surface area (Å²) >= 11 is 0. The van der Waals surface area contributed by atoms with Crippen LogP contribution < -0.4 is 10.5 Å². The molecule has 3 rings (SSSR count). The van der Waals surface area contributed by atoms with Crippen molar-refractivity contribution in [3.8, 4) is 5.75 Å². The molecule has 1 saturated heterocycles. The van der Waals surface area contributed by atoms with E-state index in [1.807, 2.05) is 6.07 Å². The van der Waals surface area contributed by atoms with E-state index in [0.717, 1.165) is 24.9 Å². The van der Waals surface area contributed by atoms with Gasteiger partial charge in [-0.2, -0.15) is 0 Å². The molecule has 1 unspecified atom stereocenters. The first-order valence-corrected chi connectivity index (χ1v) is 7.64. The van der Waals surface area contributed by atoms with Crippen LogP contribution in [0.15, 0.2) is 24.3 Å². The molecule has 1 aromatic carbocycles. The molecular weight excluding hydrogens is 250 g/mol. The van der Waals surface area contributed by atoms with Crippen LogP contribution in [0.5, 0.6) is 5.75 Å². The topological polar surface area (TPSA) is 41.7 Å². The van der Waals surface area contributed by atoms with Crippen LogP contribution in [0.25, 0.3) is 0 Å². The van der Waals surface area contributed by atoms with Crippen molar-refractivity contribution >= 4 is 0 Å². The normalized spacial score (nSPS) is 22.7. The Hall–Kier alpha value is -1.10. The summed E-state index contributed by atoms with van der Waals surface area (Å²) in [4.78, 5) is 5.16. The van der Waals surface area contributed by atoms with Crippen LogP contribution in [0.2, 0.25) is 0 Å². The van der Waals surface area contributed by atoms with Gasteiger partial charge in [-0.15, -0.1) is 0 Å². The summed E-state index contributed by atoms with van der Waals surface area (Å²) in [6, 6.07) is 9.51. The third-order valence-corrected chi connectivity index (χ3v) is 4.55. The zero-order valence-corrected chi connectivity index (χ0v) is 12.3. The standard InChI is InChI=1S/C16H25N3O/c1-20-15-4-2-3-13(11-15)16(12-17)19-9-7-18(8-10-19)14-5-6-14/h2-4,11,14,16H,5-10,12,17H2,1H3. The van der Waals surface area contributed by atoms with Gasteiger partial charge in [0, 0.05) is 44.8 Å². The van der Waals surface area contributed by atoms with Gasteiger partial charge in [-0.05, 0) is 30.5 Å². The minimum Gasteiger partial charge on any atom is -0.497 e. The Morgan fingerprint density at radius 3 is 2.60 bits per heavy atom. The molecule has 0 bridgehead atoms. The molecule has 0 radical (unpaired) electrons. The predicted octanol–water partition coefficient (Wildman–Crippen LogP) is 1.47. The summed E-state index contributed by atoms with van der Waals surface area (Å²) in [6.07, 6.45) is 2.80. The lowest BCUT2D eigenvalue weighted by atomic mass is 10.0. The summed E-state index contributed by atoms with van der Waals surface area (Å²) in [7, 11) is 1.71. The summed E-state index contributed by atoms with van der Waals surface area (Å²) in [5.74, 6) is 0.914. The summed E-state index contributed by atoms with van der Waals surface area (Å²) in [5, 5.41) is 0. The van der Waals surface area contributed by atoms with Crippen LogP contribution in [0.1, 0.15) is 24.4 Å². The molecule has 110 valence electrons. The van der Waals surface area contributed by atoms with Crippen molar-refractivity contribution in [3.63, 3.8) is 0 Å². The van der Waals surface area contributed by atoms with Crippen LogP contribution in [0, 0.1) is 0 Å². The predicted molar refractivity (Wildman–Crippen MR) is 81.0 cm³/mol. The van der Waals surface area contributed by atoms with Crippen LogP contribution in [0.3, 0.4) is 0 Å². The second-order valence-electron chi connectivity index (χ2n) is 5.83. The van der Waals surface area contributed by atoms with Gasteiger partial charge in [0.25, 0.3) is 0 Å². The lowest BCUT2D eigenvalue weighted by molar-refractivity contribution is 0.0937. The first-order chi connectivity index (χ1) is 9.81. The molecule has 1 aromatic rings. The molecular formula is C16H25N3O. The zero-order valence-electron chi connectivity index (χ0n) is 12.3. The monoisotopic (exact) mass is 275 g/mol. The maximum atomic E-state index is 6.04. The van der Waals surface area contributed by atoms with Crippen molar-refractivity contribution in [2.75, 3.05) is 39.8 Å². The van der Waals surface area contributed by atoms with E-state index in [9.17, 15) is 0 Å². The van der Waals surface area contributed by atoms with Gasteiger partial charge in [0.05, 0.1) is 7.11 Å². The van der Waals surface area contributed by atoms with Crippen molar-refractivity contribution in [1.82, 2.24) is 9.80 Å². The minimum atomic E-state index is 0.312. The fourth-order valence-electron chi connectivity index (χ4n) is 3.20. The van der Waals surface area contributed by atoms with E-state index in [-0.39, 0.29) is 0 Å². The highest BCUT2D eigenvalue weighted by Crippen LogP contribution is 2.30. The van der Waals surface area contributed by atoms with Gasteiger partial charge < -0.3 is 10.5 Å². The van der Waals surface area contributed by atoms with Crippen LogP contribution in [-0.2, 0) is 0 Å². The van der Waals surface area contributed by atoms with E-state index in [0.29, 0.717) is 12.6 Å². The van der Waals surface area contributed by atoms with Gasteiger partial charge in [0.2, 0.25) is 0 Å². The summed E-state index contributed by atoms with van der Waals surface area (Å²) in [5.41, 5.74) is 7.31. The molecule has 4 heteroatoms. The van der Waals surface area contributed by atoms with Crippen molar-refractivity contribution < 1.29 is 4.74 Å². The van der Waals surface area contributed by atoms with Crippen molar-refractivity contribution in [1.29, 1.82) is 0 Å². The highest BCUT2D eigenvalue weighted by Gasteiger charge is 2.32. The highest BCUT2D eigenvalue weighted by molar-refractivity contribution is 5.30. The van der Waals surface area contributed by atoms with E-state index in [4.69, 9.17) is 10.5 Å². The number of piperazine rings is 1. The van der Waals surface area contributed by atoms with E-state index in [1.54, 1.807) is 7.11 Å². The number of hydrogen-bond donors (Lipinski definition) is 1. The van der Waals surface area contributed by atoms with Crippen molar-refractivity contribution in [2.24, 2.45) is 5.73 Å². The average Bonchev–Trinajstić information content (AvgIpc) is 3.34. The maximum absolute atomic E-state index is 6.04. The lowest BCUT2D eigenvalue weighted by Crippen LogP contribution is -2.49. The molecule has 1 aliphatic carbocycles. The third-order valence-electron chi connectivity index (χ3n) is 4.55. The number of nitrogens with two attached hydrogens (primary N) is 1. The highest BCUT2D eigenvalue weighted by atomic mass is 16.5. The van der Waals surface area contributed by atoms with Crippen molar-refractivity contribution in [3.05, 3.63) is 29.8 Å². The minimum absolute atomic E-state index is 0.312. The van der Waals surface area contributed by atoms with E-state index < -0.39 is 0 Å². The Bertz CT molecular complexity index is 439. The molecule has 2 N–H and O–H groups in total. The lowest BCUT2D eigenvalue weighted by Gasteiger charge is -2.39. The summed E-state index contributed by atoms with van der Waals surface area (Å²) < 4.78 is 5.33. The Morgan fingerprint density at radius 1 is 1.25 bits per heavy atom. The first kappa shape index (κ1) is 13.9. The van der Waals surface area contributed by atoms with Gasteiger partial charge in [-0.25, -0.2) is 0 Å². The van der Waals surface area contributed by atoms with E-state index >= 15 is 0 Å². The van der Waals surface area contributed by atoms with Crippen molar-refractivity contribution in [2.45, 2.75) is 24.9 Å². The number of hydrogen-bond acceptors (Lipinski definition) is 4. The number of methoxy groups -OCH3 is 1. The van der Waals surface area contributed by atoms with Crippen LogP contribution >= 0.6 is 0 Å². The van der Waals surface area contributed by atoms with Gasteiger partial charge in [0.15, 0.2) is 0 Å². The molecule has 2 aliphatic rings. The van der Waals surface area contributed by atoms with E-state index in [1.165, 1.54) is 31.5 Å². The molecule has 0 spiro atoms. The van der Waals surface area contributed by atoms with Gasteiger partial charge >= 0.3 is 0 Å². The van der Waals surface area contributed by atoms with Gasteiger partial charge in [-0.3, -0.25) is 9.80 Å². The molecule has 4 nitrogen and oxygen atoms in total. The Kier molecular flexibility index (Phi) is 4.24. The molecule has 20 heavy (non-hydrogen) atoms. The number of nitrogens with zero attached hydrogens (tertiary/aromatic N) is 2. The Labute approximate surface area is 121 Å². The Morgan fingerprint density at radius 2 is 2.00 bits per heavy atom. The molecule has 2 fully saturated rings. The molecule has 1 saturated carbocycles. The molecule has 0 amide bonds. The third kappa shape index (κ3) is 2.97. The first-order valence-electron chi connectivity index (χ1n) is 7.64. The SMILES string of the molecule is COc1cccc(C(CN)N2CCN(C3CC3)CC2)c1. The quantitative estimate of drug-likeness (QED) is 0.884. The fourth-order valence-corrected chi connectivity index (χ4v) is 3.20. The smallest absolute Gasteiger partial charge is 0.119 e. The molecule has 1 atom stereocenters. The second-order valence-corrected chi connectivity index (χ2v) is 5.83. The van der Waals surface area contributed by atoms with Gasteiger partial charge in [-0.1, -0.05) is 12.1 Å². The largest absolute Gasteiger partial charge is 0.497 e. The summed E-state index contributed by atoms with van der Waals surface area (Å²) in [6.45, 7) is 5.28. The van der Waals surface area contributed by atoms with Gasteiger partial charge in [0.1, 0.15) is 5.75 Å². The number of benzene rings is 1.